The van der Waals surface area contributed by atoms with Crippen LogP contribution in [0.4, 0.5) is 5.69 Å². The van der Waals surface area contributed by atoms with Crippen molar-refractivity contribution in [1.82, 2.24) is 10.2 Å². The number of carbonyl (C=O) groups is 2. The van der Waals surface area contributed by atoms with E-state index in [1.165, 1.54) is 0 Å². The molecule has 0 aliphatic carbocycles. The van der Waals surface area contributed by atoms with Crippen molar-refractivity contribution in [3.8, 4) is 0 Å². The molecule has 30 heavy (non-hydrogen) atoms. The van der Waals surface area contributed by atoms with Crippen LogP contribution in [0.5, 0.6) is 0 Å². The van der Waals surface area contributed by atoms with Crippen molar-refractivity contribution in [2.45, 2.75) is 19.5 Å². The fourth-order valence-corrected chi connectivity index (χ4v) is 3.51. The molecule has 7 heteroatoms. The fraction of sp³-hybridized carbons (Fsp3) is 0.391. The summed E-state index contributed by atoms with van der Waals surface area (Å²) in [5.74, 6) is -0.153. The molecular weight excluding hydrogens is 382 g/mol. The fourth-order valence-electron chi connectivity index (χ4n) is 3.51. The normalized spacial score (nSPS) is 15.2. The molecule has 2 aromatic carbocycles. The average molecular weight is 412 g/mol. The van der Waals surface area contributed by atoms with Crippen LogP contribution in [0, 0.1) is 0 Å². The van der Waals surface area contributed by atoms with Gasteiger partial charge in [0.05, 0.1) is 6.61 Å². The Morgan fingerprint density at radius 2 is 1.97 bits per heavy atom. The lowest BCUT2D eigenvalue weighted by Crippen LogP contribution is -2.33. The highest BCUT2D eigenvalue weighted by atomic mass is 16.5. The van der Waals surface area contributed by atoms with Gasteiger partial charge in [-0.25, -0.2) is 0 Å². The largest absolute Gasteiger partial charge is 0.383 e. The van der Waals surface area contributed by atoms with Crippen LogP contribution >= 0.6 is 0 Å². The lowest BCUT2D eigenvalue weighted by Gasteiger charge is -2.27. The van der Waals surface area contributed by atoms with Gasteiger partial charge in [-0.15, -0.1) is 0 Å². The number of fused-ring (bicyclic) bond motifs is 1. The van der Waals surface area contributed by atoms with Crippen LogP contribution < -0.4 is 10.6 Å². The molecule has 7 nitrogen and oxygen atoms in total. The van der Waals surface area contributed by atoms with Crippen molar-refractivity contribution in [3.63, 3.8) is 0 Å². The molecule has 0 spiro atoms. The maximum absolute atomic E-state index is 13.0. The smallest absolute Gasteiger partial charge is 0.256 e. The van der Waals surface area contributed by atoms with E-state index in [9.17, 15) is 9.59 Å². The first-order valence-corrected chi connectivity index (χ1v) is 10.3. The Labute approximate surface area is 177 Å². The number of hydrogen-bond donors (Lipinski definition) is 2. The first-order chi connectivity index (χ1) is 14.7. The zero-order valence-corrected chi connectivity index (χ0v) is 17.5. The van der Waals surface area contributed by atoms with Gasteiger partial charge in [0.15, 0.2) is 0 Å². The number of methoxy groups -OCH3 is 1. The minimum absolute atomic E-state index is 0.00746. The summed E-state index contributed by atoms with van der Waals surface area (Å²) >= 11 is 0. The summed E-state index contributed by atoms with van der Waals surface area (Å²) in [6, 6.07) is 14.9. The monoisotopic (exact) mass is 411 g/mol. The molecule has 0 fully saturated rings. The van der Waals surface area contributed by atoms with Gasteiger partial charge in [0.1, 0.15) is 6.17 Å². The lowest BCUT2D eigenvalue weighted by molar-refractivity contribution is 0.0708. The van der Waals surface area contributed by atoms with E-state index in [4.69, 9.17) is 9.47 Å². The number of benzene rings is 2. The van der Waals surface area contributed by atoms with Crippen molar-refractivity contribution >= 4 is 17.5 Å². The predicted octanol–water partition coefficient (Wildman–Crippen LogP) is 3.06. The summed E-state index contributed by atoms with van der Waals surface area (Å²) in [6.07, 6.45) is 0.468. The second-order valence-electron chi connectivity index (χ2n) is 7.01. The van der Waals surface area contributed by atoms with Crippen LogP contribution in [-0.2, 0) is 9.47 Å². The maximum Gasteiger partial charge on any atom is 0.256 e. The van der Waals surface area contributed by atoms with Gasteiger partial charge < -0.3 is 25.0 Å². The molecule has 0 saturated carbocycles. The molecule has 1 aliphatic heterocycles. The number of carbonyl (C=O) groups excluding carboxylic acids is 2. The van der Waals surface area contributed by atoms with Gasteiger partial charge in [-0.3, -0.25) is 9.59 Å². The van der Waals surface area contributed by atoms with Gasteiger partial charge in [-0.05, 0) is 37.6 Å². The van der Waals surface area contributed by atoms with Crippen molar-refractivity contribution in [2.75, 3.05) is 45.3 Å². The van der Waals surface area contributed by atoms with E-state index in [0.29, 0.717) is 44.0 Å². The Hall–Kier alpha value is -2.90. The van der Waals surface area contributed by atoms with Crippen LogP contribution in [0.2, 0.25) is 0 Å². The van der Waals surface area contributed by atoms with Gasteiger partial charge in [0.2, 0.25) is 0 Å². The molecule has 0 saturated heterocycles. The predicted molar refractivity (Wildman–Crippen MR) is 116 cm³/mol. The van der Waals surface area contributed by atoms with Gasteiger partial charge in [0.25, 0.3) is 11.8 Å². The molecule has 1 atom stereocenters. The van der Waals surface area contributed by atoms with Gasteiger partial charge in [-0.2, -0.15) is 0 Å². The Morgan fingerprint density at radius 3 is 2.77 bits per heavy atom. The van der Waals surface area contributed by atoms with Crippen molar-refractivity contribution in [3.05, 3.63) is 65.2 Å². The molecule has 3 rings (SSSR count). The Morgan fingerprint density at radius 1 is 1.13 bits per heavy atom. The number of rotatable bonds is 11. The molecule has 1 aliphatic rings. The zero-order chi connectivity index (χ0) is 21.3. The van der Waals surface area contributed by atoms with E-state index in [2.05, 4.69) is 10.6 Å². The molecular formula is C23H29N3O4. The quantitative estimate of drug-likeness (QED) is 0.556. The second kappa shape index (κ2) is 10.8. The molecule has 160 valence electrons. The highest BCUT2D eigenvalue weighted by Gasteiger charge is 2.36. The highest BCUT2D eigenvalue weighted by molar-refractivity contribution is 5.99. The van der Waals surface area contributed by atoms with E-state index in [1.807, 2.05) is 48.2 Å². The number of amides is 2. The summed E-state index contributed by atoms with van der Waals surface area (Å²) in [7, 11) is 1.59. The molecule has 1 unspecified atom stereocenters. The first kappa shape index (κ1) is 21.8. The molecule has 2 aromatic rings. The van der Waals surface area contributed by atoms with Crippen LogP contribution in [0.15, 0.2) is 48.5 Å². The number of anilines is 1. The third-order valence-electron chi connectivity index (χ3n) is 4.97. The molecule has 0 radical (unpaired) electrons. The van der Waals surface area contributed by atoms with Crippen LogP contribution in [0.1, 0.15) is 45.8 Å². The number of ether oxygens (including phenoxy) is 2. The first-order valence-electron chi connectivity index (χ1n) is 10.3. The van der Waals surface area contributed by atoms with Crippen LogP contribution in [-0.4, -0.2) is 56.7 Å². The Balaban J connectivity index is 1.76. The number of hydrogen-bond acceptors (Lipinski definition) is 5. The summed E-state index contributed by atoms with van der Waals surface area (Å²) in [5, 5.41) is 6.26. The topological polar surface area (TPSA) is 79.9 Å². The van der Waals surface area contributed by atoms with Crippen molar-refractivity contribution in [2.24, 2.45) is 0 Å². The van der Waals surface area contributed by atoms with Crippen LogP contribution in [0.25, 0.3) is 0 Å². The minimum Gasteiger partial charge on any atom is -0.383 e. The standard InChI is InChI=1S/C23H29N3O4/c1-3-30-14-7-13-26-21(19-10-4-5-11-20(19)23(26)28)25-18-9-6-8-17(16-18)22(27)24-12-15-29-2/h4-6,8-11,16,21,25H,3,7,12-15H2,1-2H3,(H,24,27). The Kier molecular flexibility index (Phi) is 7.82. The van der Waals surface area contributed by atoms with E-state index in [0.717, 1.165) is 17.7 Å². The summed E-state index contributed by atoms with van der Waals surface area (Å²) in [6.45, 7) is 4.73. The highest BCUT2D eigenvalue weighted by Crippen LogP contribution is 2.34. The van der Waals surface area contributed by atoms with E-state index < -0.39 is 0 Å². The zero-order valence-electron chi connectivity index (χ0n) is 17.5. The summed E-state index contributed by atoms with van der Waals surface area (Å²) in [4.78, 5) is 27.1. The third kappa shape index (κ3) is 5.17. The van der Waals surface area contributed by atoms with E-state index in [-0.39, 0.29) is 18.0 Å². The van der Waals surface area contributed by atoms with Gasteiger partial charge in [-0.1, -0.05) is 24.3 Å². The SMILES string of the molecule is CCOCCCN1C(=O)c2ccccc2C1Nc1cccc(C(=O)NCCOC)c1. The summed E-state index contributed by atoms with van der Waals surface area (Å²) in [5.41, 5.74) is 2.98. The van der Waals surface area contributed by atoms with Crippen LogP contribution in [0.3, 0.4) is 0 Å². The maximum atomic E-state index is 13.0. The summed E-state index contributed by atoms with van der Waals surface area (Å²) < 4.78 is 10.4. The average Bonchev–Trinajstić information content (AvgIpc) is 3.03. The van der Waals surface area contributed by atoms with E-state index in [1.54, 1.807) is 19.2 Å². The lowest BCUT2D eigenvalue weighted by atomic mass is 10.1. The molecule has 2 amide bonds. The third-order valence-corrected chi connectivity index (χ3v) is 4.97. The van der Waals surface area contributed by atoms with Crippen molar-refractivity contribution < 1.29 is 19.1 Å². The van der Waals surface area contributed by atoms with Gasteiger partial charge in [0, 0.05) is 55.8 Å². The molecule has 0 bridgehead atoms. The Bertz CT molecular complexity index is 871. The molecule has 0 aromatic heterocycles. The molecule has 2 N–H and O–H groups in total. The number of nitrogens with one attached hydrogen (secondary N) is 2. The van der Waals surface area contributed by atoms with Crippen molar-refractivity contribution in [1.29, 1.82) is 0 Å². The number of nitrogens with zero attached hydrogens (tertiary/aromatic N) is 1. The second-order valence-corrected chi connectivity index (χ2v) is 7.01. The minimum atomic E-state index is -0.290. The van der Waals surface area contributed by atoms with Gasteiger partial charge >= 0.3 is 0 Å². The van der Waals surface area contributed by atoms with E-state index >= 15 is 0 Å². The molecule has 1 heterocycles.